The van der Waals surface area contributed by atoms with Crippen molar-refractivity contribution in [1.82, 2.24) is 4.90 Å². The van der Waals surface area contributed by atoms with E-state index in [2.05, 4.69) is 24.3 Å². The molecule has 0 atom stereocenters. The summed E-state index contributed by atoms with van der Waals surface area (Å²) in [6, 6.07) is 16.2. The molecule has 116 valence electrons. The molecule has 0 unspecified atom stereocenters. The first-order valence-electron chi connectivity index (χ1n) is 8.69. The minimum Gasteiger partial charge on any atom is -0.488 e. The topological polar surface area (TPSA) is 12.5 Å². The molecule has 0 spiro atoms. The summed E-state index contributed by atoms with van der Waals surface area (Å²) in [5.41, 5.74) is 4.46. The van der Waals surface area contributed by atoms with Crippen molar-refractivity contribution in [3.8, 4) is 5.75 Å². The molecule has 0 fully saturated rings. The standard InChI is InChI=1S/C19H21NO.ClH/c1-20(2)13-7-11-17-16-9-4-3-8-15(16)14-21-19-12-6-5-10-18(17)19;/h3-6,8-12H,7,13-14H2,1-2H3;1H/b17-11-;/i1D3;. The Bertz CT molecular complexity index is 709. The first-order valence-corrected chi connectivity index (χ1v) is 7.19. The second-order valence-corrected chi connectivity index (χ2v) is 5.27. The van der Waals surface area contributed by atoms with E-state index in [1.807, 2.05) is 30.3 Å². The third-order valence-electron chi connectivity index (χ3n) is 3.68. The van der Waals surface area contributed by atoms with Gasteiger partial charge in [-0.25, -0.2) is 0 Å². The van der Waals surface area contributed by atoms with Crippen LogP contribution in [0.3, 0.4) is 0 Å². The number of ether oxygens (including phenoxy) is 1. The zero-order chi connectivity index (χ0) is 17.2. The first kappa shape index (κ1) is 12.7. The Kier molecular flexibility index (Phi) is 4.33. The molecule has 0 aliphatic carbocycles. The molecule has 3 heteroatoms. The van der Waals surface area contributed by atoms with Crippen molar-refractivity contribution in [2.24, 2.45) is 0 Å². The number of nitrogens with zero attached hydrogens (tertiary/aromatic N) is 1. The van der Waals surface area contributed by atoms with Gasteiger partial charge in [-0.3, -0.25) is 0 Å². The molecule has 3 rings (SSSR count). The van der Waals surface area contributed by atoms with Crippen molar-refractivity contribution >= 4 is 18.0 Å². The van der Waals surface area contributed by atoms with Gasteiger partial charge in [-0.1, -0.05) is 48.5 Å². The predicted molar refractivity (Wildman–Crippen MR) is 94.7 cm³/mol. The molecule has 1 aliphatic heterocycles. The fourth-order valence-corrected chi connectivity index (χ4v) is 2.65. The summed E-state index contributed by atoms with van der Waals surface area (Å²) in [6.45, 7) is -1.04. The largest absolute Gasteiger partial charge is 0.488 e. The Hall–Kier alpha value is -1.77. The van der Waals surface area contributed by atoms with Crippen LogP contribution in [-0.2, 0) is 6.61 Å². The van der Waals surface area contributed by atoms with E-state index in [0.29, 0.717) is 19.6 Å². The quantitative estimate of drug-likeness (QED) is 0.832. The average molecular weight is 319 g/mol. The molecule has 0 amide bonds. The molecule has 0 saturated heterocycles. The fourth-order valence-electron chi connectivity index (χ4n) is 2.65. The van der Waals surface area contributed by atoms with E-state index in [1.54, 1.807) is 7.05 Å². The maximum absolute atomic E-state index is 7.45. The monoisotopic (exact) mass is 318 g/mol. The van der Waals surface area contributed by atoms with Gasteiger partial charge < -0.3 is 9.64 Å². The Labute approximate surface area is 143 Å². The summed E-state index contributed by atoms with van der Waals surface area (Å²) >= 11 is 0. The zero-order valence-electron chi connectivity index (χ0n) is 15.6. The highest BCUT2D eigenvalue weighted by atomic mass is 35.5. The van der Waals surface area contributed by atoms with Crippen LogP contribution in [0.1, 0.15) is 27.2 Å². The highest BCUT2D eigenvalue weighted by Gasteiger charge is 2.17. The van der Waals surface area contributed by atoms with Gasteiger partial charge in [-0.05, 0) is 43.2 Å². The molecule has 22 heavy (non-hydrogen) atoms. The van der Waals surface area contributed by atoms with Gasteiger partial charge in [0, 0.05) is 16.2 Å². The van der Waals surface area contributed by atoms with E-state index >= 15 is 0 Å². The number of fused-ring (bicyclic) bond motifs is 2. The van der Waals surface area contributed by atoms with E-state index in [4.69, 9.17) is 8.85 Å². The molecule has 0 bridgehead atoms. The highest BCUT2D eigenvalue weighted by molar-refractivity contribution is 5.85. The third-order valence-corrected chi connectivity index (χ3v) is 3.68. The van der Waals surface area contributed by atoms with E-state index < -0.39 is 6.98 Å². The highest BCUT2D eigenvalue weighted by Crippen LogP contribution is 2.36. The Balaban J connectivity index is 0.00000225. The SMILES string of the molecule is Cl.[2H]C([2H])([2H])N(C)CC/C=C1/c2ccccc2COc2ccccc21. The lowest BCUT2D eigenvalue weighted by Gasteiger charge is -2.12. The van der Waals surface area contributed by atoms with Crippen molar-refractivity contribution in [2.75, 3.05) is 20.6 Å². The first-order chi connectivity index (χ1) is 11.5. The summed E-state index contributed by atoms with van der Waals surface area (Å²) < 4.78 is 28.3. The zero-order valence-corrected chi connectivity index (χ0v) is 13.4. The summed E-state index contributed by atoms with van der Waals surface area (Å²) in [7, 11) is 1.63. The van der Waals surface area contributed by atoms with Crippen LogP contribution in [-0.4, -0.2) is 25.5 Å². The van der Waals surface area contributed by atoms with Gasteiger partial charge in [0.05, 0.1) is 0 Å². The molecule has 0 N–H and O–H groups in total. The van der Waals surface area contributed by atoms with Gasteiger partial charge in [-0.15, -0.1) is 12.4 Å². The molecule has 2 aromatic rings. The van der Waals surface area contributed by atoms with Crippen molar-refractivity contribution in [3.63, 3.8) is 0 Å². The molecule has 0 radical (unpaired) electrons. The minimum absolute atomic E-state index is 0. The van der Waals surface area contributed by atoms with Crippen LogP contribution < -0.4 is 4.74 Å². The molecule has 0 aromatic heterocycles. The third kappa shape index (κ3) is 3.52. The molecule has 0 saturated carbocycles. The van der Waals surface area contributed by atoms with Crippen LogP contribution in [0.25, 0.3) is 5.57 Å². The van der Waals surface area contributed by atoms with Gasteiger partial charge >= 0.3 is 0 Å². The molecular formula is C19H22ClNO. The van der Waals surface area contributed by atoms with Crippen molar-refractivity contribution < 1.29 is 8.85 Å². The van der Waals surface area contributed by atoms with Crippen LogP contribution in [0.4, 0.5) is 0 Å². The molecule has 2 aromatic carbocycles. The molecular weight excluding hydrogens is 294 g/mol. The fraction of sp³-hybridized carbons (Fsp3) is 0.263. The number of hydrogen-bond donors (Lipinski definition) is 0. The summed E-state index contributed by atoms with van der Waals surface area (Å²) in [5, 5.41) is 0. The smallest absolute Gasteiger partial charge is 0.127 e. The molecule has 2 nitrogen and oxygen atoms in total. The lowest BCUT2D eigenvalue weighted by molar-refractivity contribution is 0.307. The number of para-hydroxylation sites is 1. The Morgan fingerprint density at radius 2 is 1.86 bits per heavy atom. The predicted octanol–water partition coefficient (Wildman–Crippen LogP) is 4.38. The Morgan fingerprint density at radius 1 is 1.14 bits per heavy atom. The number of rotatable bonds is 3. The number of benzene rings is 2. The second-order valence-electron chi connectivity index (χ2n) is 5.27. The summed E-state index contributed by atoms with van der Waals surface area (Å²) in [6.07, 6.45) is 2.78. The summed E-state index contributed by atoms with van der Waals surface area (Å²) in [4.78, 5) is 1.40. The Morgan fingerprint density at radius 3 is 2.68 bits per heavy atom. The lowest BCUT2D eigenvalue weighted by Crippen LogP contribution is -2.12. The minimum atomic E-state index is -2.05. The van der Waals surface area contributed by atoms with Gasteiger partial charge in [0.15, 0.2) is 0 Å². The van der Waals surface area contributed by atoms with E-state index in [1.165, 1.54) is 4.90 Å². The van der Waals surface area contributed by atoms with Crippen LogP contribution in [0.2, 0.25) is 0 Å². The normalized spacial score (nSPS) is 17.2. The van der Waals surface area contributed by atoms with Crippen molar-refractivity contribution in [1.29, 1.82) is 0 Å². The van der Waals surface area contributed by atoms with Gasteiger partial charge in [0.2, 0.25) is 0 Å². The maximum Gasteiger partial charge on any atom is 0.127 e. The lowest BCUT2D eigenvalue weighted by atomic mass is 9.93. The van der Waals surface area contributed by atoms with Crippen LogP contribution in [0.5, 0.6) is 5.75 Å². The van der Waals surface area contributed by atoms with Crippen molar-refractivity contribution in [2.45, 2.75) is 13.0 Å². The van der Waals surface area contributed by atoms with E-state index in [0.717, 1.165) is 28.0 Å². The maximum atomic E-state index is 7.45. The number of halogens is 1. The van der Waals surface area contributed by atoms with E-state index in [-0.39, 0.29) is 12.4 Å². The number of hydrogen-bond acceptors (Lipinski definition) is 2. The summed E-state index contributed by atoms with van der Waals surface area (Å²) in [5.74, 6) is 0.865. The van der Waals surface area contributed by atoms with Crippen LogP contribution in [0, 0.1) is 0 Å². The van der Waals surface area contributed by atoms with Crippen molar-refractivity contribution in [3.05, 3.63) is 71.3 Å². The van der Waals surface area contributed by atoms with Gasteiger partial charge in [0.1, 0.15) is 12.4 Å². The average Bonchev–Trinajstić information content (AvgIpc) is 2.72. The van der Waals surface area contributed by atoms with E-state index in [9.17, 15) is 0 Å². The van der Waals surface area contributed by atoms with Crippen LogP contribution in [0.15, 0.2) is 54.6 Å². The molecule has 1 aliphatic rings. The molecule has 1 heterocycles. The van der Waals surface area contributed by atoms with Crippen LogP contribution >= 0.6 is 12.4 Å². The van der Waals surface area contributed by atoms with Gasteiger partial charge in [-0.2, -0.15) is 0 Å². The van der Waals surface area contributed by atoms with Gasteiger partial charge in [0.25, 0.3) is 0 Å². The second kappa shape index (κ2) is 7.48.